The average molecular weight is 472 g/mol. The van der Waals surface area contributed by atoms with E-state index >= 15 is 0 Å². The van der Waals surface area contributed by atoms with Crippen LogP contribution in [0.4, 0.5) is 24.7 Å². The van der Waals surface area contributed by atoms with Gasteiger partial charge in [-0.3, -0.25) is 13.9 Å². The summed E-state index contributed by atoms with van der Waals surface area (Å²) in [4.78, 5) is 27.5. The van der Waals surface area contributed by atoms with E-state index in [9.17, 15) is 22.8 Å². The Kier molecular flexibility index (Phi) is 7.25. The standard InChI is InChI=1S/C21H27F3N4O5/c1-13(2)8-10-27-16-17(26(3)20(31)28(18(16)30)9-5-11-29)25-19(27)32-14-6-4-7-15(12-14)33-21(22,23)24/h4,6-7,12-13,19,25,29H,5,8-11H2,1-3H3. The van der Waals surface area contributed by atoms with Crippen molar-refractivity contribution in [2.24, 2.45) is 13.0 Å². The molecule has 2 aromatic rings. The number of rotatable bonds is 9. The summed E-state index contributed by atoms with van der Waals surface area (Å²) in [7, 11) is 1.50. The zero-order valence-electron chi connectivity index (χ0n) is 18.6. The van der Waals surface area contributed by atoms with Gasteiger partial charge in [0.2, 0.25) is 0 Å². The van der Waals surface area contributed by atoms with Gasteiger partial charge in [-0.2, -0.15) is 0 Å². The number of hydrogen-bond acceptors (Lipinski definition) is 7. The number of nitrogens with one attached hydrogen (secondary N) is 1. The maximum absolute atomic E-state index is 13.2. The van der Waals surface area contributed by atoms with Crippen molar-refractivity contribution < 1.29 is 27.8 Å². The fraction of sp³-hybridized carbons (Fsp3) is 0.524. The molecule has 0 bridgehead atoms. The molecule has 0 saturated heterocycles. The predicted octanol–water partition coefficient (Wildman–Crippen LogP) is 2.47. The van der Waals surface area contributed by atoms with Crippen LogP contribution >= 0.6 is 0 Å². The first-order chi connectivity index (χ1) is 15.5. The van der Waals surface area contributed by atoms with Crippen LogP contribution in [0.25, 0.3) is 0 Å². The van der Waals surface area contributed by atoms with Crippen molar-refractivity contribution in [2.75, 3.05) is 23.4 Å². The van der Waals surface area contributed by atoms with E-state index in [1.807, 2.05) is 13.8 Å². The fourth-order valence-electron chi connectivity index (χ4n) is 3.51. The third-order valence-corrected chi connectivity index (χ3v) is 5.13. The molecule has 0 spiro atoms. The molecule has 33 heavy (non-hydrogen) atoms. The summed E-state index contributed by atoms with van der Waals surface area (Å²) in [5, 5.41) is 12.1. The molecule has 12 heteroatoms. The average Bonchev–Trinajstić information content (AvgIpc) is 3.08. The molecule has 2 N–H and O–H groups in total. The number of aromatic nitrogens is 2. The smallest absolute Gasteiger partial charge is 0.452 e. The van der Waals surface area contributed by atoms with Crippen molar-refractivity contribution in [3.05, 3.63) is 45.1 Å². The summed E-state index contributed by atoms with van der Waals surface area (Å²) in [5.74, 6) is 0.189. The molecule has 1 aliphatic heterocycles. The molecule has 0 aliphatic carbocycles. The van der Waals surface area contributed by atoms with Crippen LogP contribution in [0.15, 0.2) is 33.9 Å². The van der Waals surface area contributed by atoms with Gasteiger partial charge in [-0.15, -0.1) is 13.2 Å². The van der Waals surface area contributed by atoms with Crippen LogP contribution in [0.5, 0.6) is 11.5 Å². The Balaban J connectivity index is 1.98. The van der Waals surface area contributed by atoms with E-state index in [0.29, 0.717) is 18.9 Å². The molecule has 182 valence electrons. The molecule has 1 unspecified atom stereocenters. The highest BCUT2D eigenvalue weighted by atomic mass is 19.4. The van der Waals surface area contributed by atoms with Gasteiger partial charge in [0.15, 0.2) is 0 Å². The third-order valence-electron chi connectivity index (χ3n) is 5.13. The highest BCUT2D eigenvalue weighted by Crippen LogP contribution is 2.33. The van der Waals surface area contributed by atoms with Gasteiger partial charge in [-0.05, 0) is 30.9 Å². The summed E-state index contributed by atoms with van der Waals surface area (Å²) < 4.78 is 49.9. The van der Waals surface area contributed by atoms with Crippen LogP contribution < -0.4 is 30.9 Å². The number of halogens is 3. The number of ether oxygens (including phenoxy) is 2. The molecule has 9 nitrogen and oxygen atoms in total. The molecule has 2 heterocycles. The van der Waals surface area contributed by atoms with E-state index in [4.69, 9.17) is 9.84 Å². The van der Waals surface area contributed by atoms with Gasteiger partial charge in [0, 0.05) is 32.8 Å². The Morgan fingerprint density at radius 2 is 1.88 bits per heavy atom. The summed E-state index contributed by atoms with van der Waals surface area (Å²) in [6.07, 6.45) is -4.86. The molecule has 1 aliphatic rings. The van der Waals surface area contributed by atoms with Gasteiger partial charge in [-0.1, -0.05) is 19.9 Å². The van der Waals surface area contributed by atoms with Gasteiger partial charge in [0.25, 0.3) is 11.9 Å². The van der Waals surface area contributed by atoms with E-state index in [2.05, 4.69) is 10.1 Å². The van der Waals surface area contributed by atoms with Gasteiger partial charge in [-0.25, -0.2) is 4.79 Å². The highest BCUT2D eigenvalue weighted by Gasteiger charge is 2.36. The van der Waals surface area contributed by atoms with Crippen LogP contribution in [-0.2, 0) is 13.6 Å². The highest BCUT2D eigenvalue weighted by molar-refractivity contribution is 5.71. The van der Waals surface area contributed by atoms with Gasteiger partial charge in [0.05, 0.1) is 0 Å². The second-order valence-electron chi connectivity index (χ2n) is 8.09. The lowest BCUT2D eigenvalue weighted by molar-refractivity contribution is -0.274. The number of nitrogens with zero attached hydrogens (tertiary/aromatic N) is 3. The van der Waals surface area contributed by atoms with Crippen molar-refractivity contribution in [2.45, 2.75) is 45.9 Å². The summed E-state index contributed by atoms with van der Waals surface area (Å²) >= 11 is 0. The van der Waals surface area contributed by atoms with Crippen molar-refractivity contribution >= 4 is 11.5 Å². The quantitative estimate of drug-likeness (QED) is 0.579. The minimum absolute atomic E-state index is 0.0512. The Hall–Kier alpha value is -3.15. The molecule has 1 atom stereocenters. The molecule has 1 aromatic heterocycles. The van der Waals surface area contributed by atoms with Crippen LogP contribution in [0, 0.1) is 5.92 Å². The number of fused-ring (bicyclic) bond motifs is 1. The van der Waals surface area contributed by atoms with Crippen LogP contribution in [0.1, 0.15) is 26.7 Å². The lowest BCUT2D eigenvalue weighted by Gasteiger charge is -2.27. The van der Waals surface area contributed by atoms with E-state index < -0.39 is 29.7 Å². The maximum Gasteiger partial charge on any atom is 0.573 e. The number of aliphatic hydroxyl groups is 1. The number of anilines is 2. The van der Waals surface area contributed by atoms with E-state index in [1.165, 1.54) is 23.7 Å². The maximum atomic E-state index is 13.2. The zero-order chi connectivity index (χ0) is 24.3. The first-order valence-electron chi connectivity index (χ1n) is 10.5. The van der Waals surface area contributed by atoms with Crippen LogP contribution in [0.3, 0.4) is 0 Å². The number of aliphatic hydroxyl groups excluding tert-OH is 1. The summed E-state index contributed by atoms with van der Waals surface area (Å²) in [5.41, 5.74) is -0.855. The Bertz CT molecular complexity index is 1100. The third kappa shape index (κ3) is 5.62. The molecule has 3 rings (SSSR count). The van der Waals surface area contributed by atoms with Crippen molar-refractivity contribution in [3.8, 4) is 11.5 Å². The van der Waals surface area contributed by atoms with Crippen LogP contribution in [0.2, 0.25) is 0 Å². The lowest BCUT2D eigenvalue weighted by Crippen LogP contribution is -2.44. The minimum Gasteiger partial charge on any atom is -0.452 e. The van der Waals surface area contributed by atoms with E-state index in [1.54, 1.807) is 4.90 Å². The van der Waals surface area contributed by atoms with E-state index in [0.717, 1.165) is 16.7 Å². The molecule has 0 radical (unpaired) electrons. The Morgan fingerprint density at radius 1 is 1.18 bits per heavy atom. The molecular formula is C21H27F3N4O5. The second-order valence-corrected chi connectivity index (χ2v) is 8.09. The lowest BCUT2D eigenvalue weighted by atomic mass is 10.1. The number of alkyl halides is 3. The first-order valence-corrected chi connectivity index (χ1v) is 10.5. The van der Waals surface area contributed by atoms with Crippen molar-refractivity contribution in [1.29, 1.82) is 0 Å². The zero-order valence-corrected chi connectivity index (χ0v) is 18.6. The molecule has 0 fully saturated rings. The molecular weight excluding hydrogens is 445 g/mol. The SMILES string of the molecule is CC(C)CCN1c2c(n(C)c(=O)n(CCCO)c2=O)NC1Oc1cccc(OC(F)(F)F)c1. The topological polar surface area (TPSA) is 98.0 Å². The van der Waals surface area contributed by atoms with Gasteiger partial charge in [0.1, 0.15) is 23.0 Å². The number of benzene rings is 1. The first kappa shape index (κ1) is 24.5. The van der Waals surface area contributed by atoms with Gasteiger partial charge < -0.3 is 24.8 Å². The molecule has 1 aromatic carbocycles. The molecule has 0 amide bonds. The Morgan fingerprint density at radius 3 is 2.52 bits per heavy atom. The Labute approximate surface area is 188 Å². The van der Waals surface area contributed by atoms with Gasteiger partial charge >= 0.3 is 12.1 Å². The van der Waals surface area contributed by atoms with Crippen molar-refractivity contribution in [1.82, 2.24) is 9.13 Å². The van der Waals surface area contributed by atoms with Crippen LogP contribution in [-0.4, -0.2) is 40.1 Å². The predicted molar refractivity (Wildman–Crippen MR) is 116 cm³/mol. The second kappa shape index (κ2) is 9.77. The van der Waals surface area contributed by atoms with Crippen molar-refractivity contribution in [3.63, 3.8) is 0 Å². The summed E-state index contributed by atoms with van der Waals surface area (Å²) in [6, 6.07) is 5.07. The van der Waals surface area contributed by atoms with E-state index in [-0.39, 0.29) is 36.8 Å². The normalized spacial score (nSPS) is 15.5. The summed E-state index contributed by atoms with van der Waals surface area (Å²) in [6.45, 7) is 4.30. The largest absolute Gasteiger partial charge is 0.573 e. The number of hydrogen-bond donors (Lipinski definition) is 2. The monoisotopic (exact) mass is 472 g/mol. The minimum atomic E-state index is -4.85. The fourth-order valence-corrected chi connectivity index (χ4v) is 3.51. The molecule has 0 saturated carbocycles.